The Morgan fingerprint density at radius 3 is 2.18 bits per heavy atom. The van der Waals surface area contributed by atoms with Gasteiger partial charge in [0.05, 0.1) is 6.61 Å². The molecule has 0 aliphatic rings. The van der Waals surface area contributed by atoms with E-state index < -0.39 is 43.1 Å². The van der Waals surface area contributed by atoms with Gasteiger partial charge in [-0.25, -0.2) is 4.79 Å². The van der Waals surface area contributed by atoms with Gasteiger partial charge < -0.3 is 35.1 Å². The highest BCUT2D eigenvalue weighted by Gasteiger charge is 2.30. The average Bonchev–Trinajstić information content (AvgIpc) is 2.32. The summed E-state index contributed by atoms with van der Waals surface area (Å²) in [4.78, 5) is 20.5. The molecule has 0 aromatic heterocycles. The van der Waals surface area contributed by atoms with Crippen LogP contribution in [-0.4, -0.2) is 74.9 Å². The summed E-state index contributed by atoms with van der Waals surface area (Å²) in [5.41, 5.74) is 0. The summed E-state index contributed by atoms with van der Waals surface area (Å²) >= 11 is 0. The number of aliphatic carboxylic acids is 1. The van der Waals surface area contributed by atoms with Gasteiger partial charge in [-0.1, -0.05) is 0 Å². The molecule has 0 bridgehead atoms. The summed E-state index contributed by atoms with van der Waals surface area (Å²) in [6.07, 6.45) is -8.34. The van der Waals surface area contributed by atoms with Crippen molar-refractivity contribution in [2.24, 2.45) is 0 Å². The molecule has 0 heterocycles. The molecular weight excluding hydrogens is 236 g/mol. The fourth-order valence-corrected chi connectivity index (χ4v) is 0.923. The van der Waals surface area contributed by atoms with E-state index in [2.05, 4.69) is 4.74 Å². The lowest BCUT2D eigenvalue weighted by Crippen LogP contribution is -2.47. The van der Waals surface area contributed by atoms with Crippen LogP contribution in [0.3, 0.4) is 0 Å². The second kappa shape index (κ2) is 7.30. The predicted molar refractivity (Wildman–Crippen MR) is 53.1 cm³/mol. The van der Waals surface area contributed by atoms with Gasteiger partial charge in [-0.2, -0.15) is 0 Å². The third-order valence-electron chi connectivity index (χ3n) is 2.10. The first-order valence-electron chi connectivity index (χ1n) is 4.83. The van der Waals surface area contributed by atoms with Crippen molar-refractivity contribution in [3.8, 4) is 0 Å². The van der Waals surface area contributed by atoms with Crippen LogP contribution in [-0.2, 0) is 14.3 Å². The number of hydrogen-bond acceptors (Lipinski definition) is 7. The van der Waals surface area contributed by atoms with E-state index in [1.807, 2.05) is 0 Å². The SMILES string of the molecule is C[C@H](OC[C@@H](O)[C@H](O)[C@H](O)[C@@H](O)C=O)C(=O)O. The van der Waals surface area contributed by atoms with E-state index in [9.17, 15) is 19.8 Å². The van der Waals surface area contributed by atoms with Gasteiger partial charge in [-0.05, 0) is 6.92 Å². The van der Waals surface area contributed by atoms with Crippen molar-refractivity contribution in [2.45, 2.75) is 37.4 Å². The van der Waals surface area contributed by atoms with Gasteiger partial charge in [0.1, 0.15) is 24.4 Å². The first kappa shape index (κ1) is 15.9. The molecule has 0 fully saturated rings. The smallest absolute Gasteiger partial charge is 0.332 e. The molecule has 100 valence electrons. The second-order valence-corrected chi connectivity index (χ2v) is 3.49. The summed E-state index contributed by atoms with van der Waals surface area (Å²) in [5, 5.41) is 45.1. The van der Waals surface area contributed by atoms with Crippen LogP contribution in [0.4, 0.5) is 0 Å². The zero-order valence-corrected chi connectivity index (χ0v) is 9.13. The fraction of sp³-hybridized carbons (Fsp3) is 0.778. The minimum atomic E-state index is -1.87. The Bertz CT molecular complexity index is 255. The molecular formula is C9H16O8. The number of carboxylic acid groups (broad SMARTS) is 1. The number of ether oxygens (including phenoxy) is 1. The molecule has 0 saturated carbocycles. The minimum absolute atomic E-state index is 0.00133. The maximum Gasteiger partial charge on any atom is 0.332 e. The number of carbonyl (C=O) groups is 2. The summed E-state index contributed by atoms with van der Waals surface area (Å²) in [7, 11) is 0. The first-order valence-corrected chi connectivity index (χ1v) is 4.83. The number of carbonyl (C=O) groups excluding carboxylic acids is 1. The van der Waals surface area contributed by atoms with Crippen molar-refractivity contribution in [3.05, 3.63) is 0 Å². The molecule has 0 aliphatic carbocycles. The lowest BCUT2D eigenvalue weighted by molar-refractivity contribution is -0.157. The van der Waals surface area contributed by atoms with Crippen molar-refractivity contribution in [1.82, 2.24) is 0 Å². The van der Waals surface area contributed by atoms with Crippen molar-refractivity contribution in [2.75, 3.05) is 6.61 Å². The summed E-state index contributed by atoms with van der Waals surface area (Å²) < 4.78 is 4.66. The Balaban J connectivity index is 4.17. The zero-order chi connectivity index (χ0) is 13.6. The molecule has 0 rings (SSSR count). The van der Waals surface area contributed by atoms with Crippen LogP contribution in [0.15, 0.2) is 0 Å². The lowest BCUT2D eigenvalue weighted by Gasteiger charge is -2.24. The standard InChI is InChI=1S/C9H16O8/c1-4(9(15)16)17-3-6(12)8(14)7(13)5(11)2-10/h2,4-8,11-14H,3H2,1H3,(H,15,16)/t4-,5-,6+,7+,8-/m0/s1. The Morgan fingerprint density at radius 2 is 1.76 bits per heavy atom. The molecule has 0 aliphatic heterocycles. The van der Waals surface area contributed by atoms with Crippen molar-refractivity contribution in [1.29, 1.82) is 0 Å². The first-order chi connectivity index (χ1) is 7.81. The van der Waals surface area contributed by atoms with E-state index in [4.69, 9.17) is 15.3 Å². The van der Waals surface area contributed by atoms with Crippen LogP contribution in [0.2, 0.25) is 0 Å². The number of carboxylic acids is 1. The monoisotopic (exact) mass is 252 g/mol. The molecule has 5 N–H and O–H groups in total. The molecule has 17 heavy (non-hydrogen) atoms. The highest BCUT2D eigenvalue weighted by atomic mass is 16.5. The Morgan fingerprint density at radius 1 is 1.24 bits per heavy atom. The van der Waals surface area contributed by atoms with Crippen LogP contribution in [0.1, 0.15) is 6.92 Å². The van der Waals surface area contributed by atoms with E-state index in [0.717, 1.165) is 0 Å². The zero-order valence-electron chi connectivity index (χ0n) is 9.13. The van der Waals surface area contributed by atoms with Gasteiger partial charge in [-0.15, -0.1) is 0 Å². The molecule has 0 aromatic carbocycles. The van der Waals surface area contributed by atoms with Crippen LogP contribution in [0, 0.1) is 0 Å². The molecule has 0 amide bonds. The van der Waals surface area contributed by atoms with E-state index in [1.54, 1.807) is 0 Å². The summed E-state index contributed by atoms with van der Waals surface area (Å²) in [5.74, 6) is -1.25. The Labute approximate surface area is 97.1 Å². The highest BCUT2D eigenvalue weighted by molar-refractivity contribution is 5.71. The third-order valence-corrected chi connectivity index (χ3v) is 2.10. The van der Waals surface area contributed by atoms with E-state index >= 15 is 0 Å². The van der Waals surface area contributed by atoms with Crippen LogP contribution < -0.4 is 0 Å². The number of rotatable bonds is 8. The highest BCUT2D eigenvalue weighted by Crippen LogP contribution is 2.05. The van der Waals surface area contributed by atoms with E-state index in [0.29, 0.717) is 0 Å². The topological polar surface area (TPSA) is 145 Å². The van der Waals surface area contributed by atoms with Gasteiger partial charge in [0, 0.05) is 0 Å². The second-order valence-electron chi connectivity index (χ2n) is 3.49. The summed E-state index contributed by atoms with van der Waals surface area (Å²) in [6.45, 7) is 0.662. The van der Waals surface area contributed by atoms with Gasteiger partial charge in [-0.3, -0.25) is 0 Å². The van der Waals surface area contributed by atoms with Crippen LogP contribution in [0.5, 0.6) is 0 Å². The normalized spacial score (nSPS) is 20.1. The lowest BCUT2D eigenvalue weighted by atomic mass is 10.0. The largest absolute Gasteiger partial charge is 0.479 e. The molecule has 8 nitrogen and oxygen atoms in total. The molecule has 0 saturated heterocycles. The number of hydrogen-bond donors (Lipinski definition) is 5. The van der Waals surface area contributed by atoms with Gasteiger partial charge in [0.15, 0.2) is 12.4 Å². The van der Waals surface area contributed by atoms with E-state index in [-0.39, 0.29) is 6.29 Å². The fourth-order valence-electron chi connectivity index (χ4n) is 0.923. The molecule has 5 atom stereocenters. The average molecular weight is 252 g/mol. The number of aliphatic hydroxyl groups is 4. The molecule has 0 radical (unpaired) electrons. The Kier molecular flexibility index (Phi) is 6.85. The summed E-state index contributed by atoms with van der Waals surface area (Å²) in [6, 6.07) is 0. The van der Waals surface area contributed by atoms with Crippen molar-refractivity contribution < 1.29 is 39.9 Å². The minimum Gasteiger partial charge on any atom is -0.479 e. The number of aldehydes is 1. The quantitative estimate of drug-likeness (QED) is 0.290. The van der Waals surface area contributed by atoms with Gasteiger partial charge >= 0.3 is 5.97 Å². The maximum absolute atomic E-state index is 10.4. The molecule has 0 aromatic rings. The van der Waals surface area contributed by atoms with Crippen molar-refractivity contribution >= 4 is 12.3 Å². The van der Waals surface area contributed by atoms with Crippen LogP contribution >= 0.6 is 0 Å². The number of aliphatic hydroxyl groups excluding tert-OH is 4. The van der Waals surface area contributed by atoms with E-state index in [1.165, 1.54) is 6.92 Å². The maximum atomic E-state index is 10.4. The molecule has 8 heteroatoms. The molecule has 0 spiro atoms. The Hall–Kier alpha value is -1.06. The van der Waals surface area contributed by atoms with Crippen molar-refractivity contribution in [3.63, 3.8) is 0 Å². The van der Waals surface area contributed by atoms with Gasteiger partial charge in [0.2, 0.25) is 0 Å². The van der Waals surface area contributed by atoms with Gasteiger partial charge in [0.25, 0.3) is 0 Å². The van der Waals surface area contributed by atoms with Crippen LogP contribution in [0.25, 0.3) is 0 Å². The molecule has 0 unspecified atom stereocenters. The third kappa shape index (κ3) is 5.20. The predicted octanol–water partition coefficient (Wildman–Crippen LogP) is -2.88.